The topological polar surface area (TPSA) is 93.2 Å². The van der Waals surface area contributed by atoms with Crippen LogP contribution in [0.25, 0.3) is 0 Å². The van der Waals surface area contributed by atoms with Gasteiger partial charge in [-0.2, -0.15) is 4.31 Å². The van der Waals surface area contributed by atoms with Crippen molar-refractivity contribution in [3.8, 4) is 0 Å². The monoisotopic (exact) mass is 438 g/mol. The van der Waals surface area contributed by atoms with Crippen molar-refractivity contribution in [1.29, 1.82) is 0 Å². The first kappa shape index (κ1) is 22.7. The highest BCUT2D eigenvalue weighted by Gasteiger charge is 2.32. The molecule has 2 aliphatic heterocycles. The SMILES string of the molecule is CC1CN(S(=O)(=O)c2cccc(C(=O)OCC(=O)N3CCCCC3C)c2)CC(C)O1. The van der Waals surface area contributed by atoms with Crippen LogP contribution in [0.5, 0.6) is 0 Å². The quantitative estimate of drug-likeness (QED) is 0.653. The predicted octanol–water partition coefficient (Wildman–Crippen LogP) is 2.04. The van der Waals surface area contributed by atoms with Crippen molar-refractivity contribution in [3.05, 3.63) is 29.8 Å². The van der Waals surface area contributed by atoms with E-state index in [1.54, 1.807) is 4.90 Å². The summed E-state index contributed by atoms with van der Waals surface area (Å²) in [4.78, 5) is 26.6. The van der Waals surface area contributed by atoms with Crippen molar-refractivity contribution in [2.45, 2.75) is 63.2 Å². The highest BCUT2D eigenvalue weighted by molar-refractivity contribution is 7.89. The first-order chi connectivity index (χ1) is 14.2. The summed E-state index contributed by atoms with van der Waals surface area (Å²) in [5.41, 5.74) is 0.102. The molecule has 2 aliphatic rings. The number of likely N-dealkylation sites (tertiary alicyclic amines) is 1. The third kappa shape index (κ3) is 5.19. The van der Waals surface area contributed by atoms with E-state index in [1.807, 2.05) is 20.8 Å². The number of nitrogens with zero attached hydrogens (tertiary/aromatic N) is 2. The van der Waals surface area contributed by atoms with Gasteiger partial charge >= 0.3 is 5.97 Å². The van der Waals surface area contributed by atoms with Gasteiger partial charge in [-0.15, -0.1) is 0 Å². The zero-order chi connectivity index (χ0) is 21.9. The minimum Gasteiger partial charge on any atom is -0.452 e. The largest absolute Gasteiger partial charge is 0.452 e. The fraction of sp³-hybridized carbons (Fsp3) is 0.619. The zero-order valence-corrected chi connectivity index (χ0v) is 18.6. The number of hydrogen-bond acceptors (Lipinski definition) is 6. The lowest BCUT2D eigenvalue weighted by atomic mass is 10.0. The highest BCUT2D eigenvalue weighted by atomic mass is 32.2. The first-order valence-corrected chi connectivity index (χ1v) is 11.8. The summed E-state index contributed by atoms with van der Waals surface area (Å²) < 4.78 is 38.2. The van der Waals surface area contributed by atoms with Crippen LogP contribution < -0.4 is 0 Å². The van der Waals surface area contributed by atoms with Gasteiger partial charge in [-0.1, -0.05) is 6.07 Å². The Morgan fingerprint density at radius 3 is 2.50 bits per heavy atom. The molecule has 3 rings (SSSR count). The molecule has 8 nitrogen and oxygen atoms in total. The van der Waals surface area contributed by atoms with Gasteiger partial charge in [0, 0.05) is 25.7 Å². The van der Waals surface area contributed by atoms with Gasteiger partial charge in [0.25, 0.3) is 5.91 Å². The Morgan fingerprint density at radius 1 is 1.13 bits per heavy atom. The van der Waals surface area contributed by atoms with E-state index in [9.17, 15) is 18.0 Å². The Morgan fingerprint density at radius 2 is 1.83 bits per heavy atom. The van der Waals surface area contributed by atoms with Crippen LogP contribution in [0, 0.1) is 0 Å². The molecule has 0 saturated carbocycles. The van der Waals surface area contributed by atoms with E-state index in [1.165, 1.54) is 28.6 Å². The van der Waals surface area contributed by atoms with Crippen LogP contribution in [0.4, 0.5) is 0 Å². The van der Waals surface area contributed by atoms with Gasteiger partial charge in [0.05, 0.1) is 22.7 Å². The number of ether oxygens (including phenoxy) is 2. The third-order valence-electron chi connectivity index (χ3n) is 5.54. The van der Waals surface area contributed by atoms with E-state index in [0.717, 1.165) is 19.3 Å². The number of hydrogen-bond donors (Lipinski definition) is 0. The number of morpholine rings is 1. The van der Waals surface area contributed by atoms with Gasteiger partial charge in [0.1, 0.15) is 0 Å². The molecule has 2 heterocycles. The van der Waals surface area contributed by atoms with E-state index < -0.39 is 16.0 Å². The van der Waals surface area contributed by atoms with Gasteiger partial charge < -0.3 is 14.4 Å². The van der Waals surface area contributed by atoms with Crippen molar-refractivity contribution in [2.75, 3.05) is 26.2 Å². The second-order valence-corrected chi connectivity index (χ2v) is 10.1. The van der Waals surface area contributed by atoms with Crippen molar-refractivity contribution in [1.82, 2.24) is 9.21 Å². The second-order valence-electron chi connectivity index (χ2n) is 8.12. The number of benzene rings is 1. The number of piperidine rings is 1. The molecule has 166 valence electrons. The lowest BCUT2D eigenvalue weighted by molar-refractivity contribution is -0.137. The maximum Gasteiger partial charge on any atom is 0.338 e. The molecule has 1 aromatic rings. The van der Waals surface area contributed by atoms with Gasteiger partial charge in [0.15, 0.2) is 6.61 Å². The normalized spacial score (nSPS) is 25.7. The molecule has 0 aromatic heterocycles. The summed E-state index contributed by atoms with van der Waals surface area (Å²) in [6.45, 7) is 6.47. The van der Waals surface area contributed by atoms with Crippen molar-refractivity contribution in [3.63, 3.8) is 0 Å². The van der Waals surface area contributed by atoms with Crippen LogP contribution in [0.2, 0.25) is 0 Å². The van der Waals surface area contributed by atoms with Crippen molar-refractivity contribution >= 4 is 21.9 Å². The maximum atomic E-state index is 13.0. The Labute approximate surface area is 178 Å². The average Bonchev–Trinajstić information content (AvgIpc) is 2.71. The Kier molecular flexibility index (Phi) is 7.15. The van der Waals surface area contributed by atoms with Crippen LogP contribution in [-0.4, -0.2) is 74.0 Å². The average molecular weight is 439 g/mol. The standard InChI is InChI=1S/C21H30N2O6S/c1-15-7-4-5-10-23(15)20(24)14-28-21(25)18-8-6-9-19(11-18)30(26,27)22-12-16(2)29-17(3)13-22/h6,8-9,11,15-17H,4-5,7,10,12-14H2,1-3H3. The molecule has 1 aromatic carbocycles. The smallest absolute Gasteiger partial charge is 0.338 e. The van der Waals surface area contributed by atoms with Gasteiger partial charge in [-0.05, 0) is 58.2 Å². The number of carbonyl (C=O) groups is 2. The molecule has 0 N–H and O–H groups in total. The predicted molar refractivity (Wildman–Crippen MR) is 111 cm³/mol. The summed E-state index contributed by atoms with van der Waals surface area (Å²) in [5, 5.41) is 0. The molecule has 0 aliphatic carbocycles. The van der Waals surface area contributed by atoms with Gasteiger partial charge in [-0.25, -0.2) is 13.2 Å². The molecule has 30 heavy (non-hydrogen) atoms. The Hall–Kier alpha value is -1.97. The van der Waals surface area contributed by atoms with E-state index >= 15 is 0 Å². The van der Waals surface area contributed by atoms with Crippen LogP contribution in [-0.2, 0) is 24.3 Å². The number of carbonyl (C=O) groups excluding carboxylic acids is 2. The fourth-order valence-corrected chi connectivity index (χ4v) is 5.66. The van der Waals surface area contributed by atoms with Crippen molar-refractivity contribution < 1.29 is 27.5 Å². The molecule has 0 spiro atoms. The highest BCUT2D eigenvalue weighted by Crippen LogP contribution is 2.22. The van der Waals surface area contributed by atoms with Crippen molar-refractivity contribution in [2.24, 2.45) is 0 Å². The minimum absolute atomic E-state index is 0.0224. The van der Waals surface area contributed by atoms with Gasteiger partial charge in [-0.3, -0.25) is 4.79 Å². The van der Waals surface area contributed by atoms with E-state index in [-0.39, 0.29) is 54.3 Å². The summed E-state index contributed by atoms with van der Waals surface area (Å²) >= 11 is 0. The van der Waals surface area contributed by atoms with Crippen LogP contribution >= 0.6 is 0 Å². The molecule has 0 bridgehead atoms. The summed E-state index contributed by atoms with van der Waals surface area (Å²) in [6, 6.07) is 5.89. The fourth-order valence-electron chi connectivity index (χ4n) is 4.02. The molecule has 3 atom stereocenters. The summed E-state index contributed by atoms with van der Waals surface area (Å²) in [7, 11) is -3.77. The van der Waals surface area contributed by atoms with Gasteiger partial charge in [0.2, 0.25) is 10.0 Å². The lowest BCUT2D eigenvalue weighted by Crippen LogP contribution is -2.48. The maximum absolute atomic E-state index is 13.0. The second kappa shape index (κ2) is 9.45. The molecular formula is C21H30N2O6S. The number of sulfonamides is 1. The molecule has 3 unspecified atom stereocenters. The van der Waals surface area contributed by atoms with Crippen LogP contribution in [0.3, 0.4) is 0 Å². The van der Waals surface area contributed by atoms with Crippen LogP contribution in [0.1, 0.15) is 50.4 Å². The minimum atomic E-state index is -3.77. The first-order valence-electron chi connectivity index (χ1n) is 10.4. The lowest BCUT2D eigenvalue weighted by Gasteiger charge is -2.34. The molecule has 0 radical (unpaired) electrons. The molecule has 2 saturated heterocycles. The van der Waals surface area contributed by atoms with E-state index in [2.05, 4.69) is 0 Å². The summed E-state index contributed by atoms with van der Waals surface area (Å²) in [5.74, 6) is -0.940. The van der Waals surface area contributed by atoms with E-state index in [0.29, 0.717) is 6.54 Å². The number of amides is 1. The zero-order valence-electron chi connectivity index (χ0n) is 17.7. The molecular weight excluding hydrogens is 408 g/mol. The van der Waals surface area contributed by atoms with Crippen LogP contribution in [0.15, 0.2) is 29.2 Å². The Balaban J connectivity index is 1.67. The number of rotatable bonds is 5. The molecule has 2 fully saturated rings. The molecule has 1 amide bonds. The van der Waals surface area contributed by atoms with E-state index in [4.69, 9.17) is 9.47 Å². The Bertz CT molecular complexity index is 877. The summed E-state index contributed by atoms with van der Waals surface area (Å²) in [6.07, 6.45) is 2.56. The number of esters is 1. The molecule has 9 heteroatoms. The third-order valence-corrected chi connectivity index (χ3v) is 7.37.